The third-order valence-corrected chi connectivity index (χ3v) is 4.26. The van der Waals surface area contributed by atoms with Gasteiger partial charge in [-0.1, -0.05) is 11.3 Å². The molecule has 1 saturated heterocycles. The maximum atomic E-state index is 12.0. The number of carbonyl (C=O) groups is 1. The maximum Gasteiger partial charge on any atom is 0.307 e. The number of likely N-dealkylation sites (N-methyl/N-ethyl adjacent to an activating group) is 1. The van der Waals surface area contributed by atoms with E-state index in [1.807, 2.05) is 17.2 Å². The van der Waals surface area contributed by atoms with Gasteiger partial charge in [-0.2, -0.15) is 0 Å². The fourth-order valence-electron chi connectivity index (χ4n) is 2.10. The lowest BCUT2D eigenvalue weighted by Gasteiger charge is -2.32. The van der Waals surface area contributed by atoms with Crippen molar-refractivity contribution in [2.45, 2.75) is 19.9 Å². The summed E-state index contributed by atoms with van der Waals surface area (Å²) < 4.78 is 1.68. The number of thiazole rings is 1. The molecule has 0 aliphatic carbocycles. The molecular weight excluding hydrogens is 250 g/mol. The van der Waals surface area contributed by atoms with Crippen LogP contribution in [0.3, 0.4) is 0 Å². The molecule has 2 heterocycles. The second kappa shape index (κ2) is 5.67. The van der Waals surface area contributed by atoms with E-state index in [0.29, 0.717) is 13.0 Å². The SMILES string of the molecule is Cc1csc(=O)n1CCC(=O)N1CCN(C)CC1. The average molecular weight is 269 g/mol. The van der Waals surface area contributed by atoms with E-state index in [2.05, 4.69) is 11.9 Å². The van der Waals surface area contributed by atoms with Crippen LogP contribution in [-0.4, -0.2) is 53.5 Å². The summed E-state index contributed by atoms with van der Waals surface area (Å²) in [5.41, 5.74) is 0.941. The first kappa shape index (κ1) is 13.3. The Bertz CT molecular complexity index is 472. The molecule has 1 aliphatic heterocycles. The molecule has 18 heavy (non-hydrogen) atoms. The van der Waals surface area contributed by atoms with Gasteiger partial charge in [0.05, 0.1) is 0 Å². The molecule has 0 unspecified atom stereocenters. The van der Waals surface area contributed by atoms with Crippen molar-refractivity contribution in [3.05, 3.63) is 20.7 Å². The zero-order chi connectivity index (χ0) is 13.1. The van der Waals surface area contributed by atoms with E-state index < -0.39 is 0 Å². The van der Waals surface area contributed by atoms with E-state index in [1.165, 1.54) is 11.3 Å². The minimum Gasteiger partial charge on any atom is -0.340 e. The molecule has 6 heteroatoms. The van der Waals surface area contributed by atoms with Crippen LogP contribution in [0.1, 0.15) is 12.1 Å². The van der Waals surface area contributed by atoms with Crippen molar-refractivity contribution in [2.75, 3.05) is 33.2 Å². The largest absolute Gasteiger partial charge is 0.340 e. The molecule has 1 fully saturated rings. The van der Waals surface area contributed by atoms with Crippen molar-refractivity contribution in [2.24, 2.45) is 0 Å². The van der Waals surface area contributed by atoms with Crippen molar-refractivity contribution in [1.82, 2.24) is 14.4 Å². The number of aromatic nitrogens is 1. The summed E-state index contributed by atoms with van der Waals surface area (Å²) in [6, 6.07) is 0. The Labute approximate surface area is 111 Å². The van der Waals surface area contributed by atoms with E-state index >= 15 is 0 Å². The molecule has 0 N–H and O–H groups in total. The molecule has 0 spiro atoms. The quantitative estimate of drug-likeness (QED) is 0.797. The summed E-state index contributed by atoms with van der Waals surface area (Å²) >= 11 is 1.19. The third-order valence-electron chi connectivity index (χ3n) is 3.38. The molecule has 0 radical (unpaired) electrons. The molecular formula is C12H19N3O2S. The van der Waals surface area contributed by atoms with Crippen LogP contribution in [-0.2, 0) is 11.3 Å². The summed E-state index contributed by atoms with van der Waals surface area (Å²) in [4.78, 5) is 27.7. The number of hydrogen-bond acceptors (Lipinski definition) is 4. The van der Waals surface area contributed by atoms with Gasteiger partial charge in [-0.3, -0.25) is 9.59 Å². The van der Waals surface area contributed by atoms with Crippen LogP contribution in [0.4, 0.5) is 0 Å². The minimum atomic E-state index is 0.0266. The Morgan fingerprint density at radius 2 is 2.00 bits per heavy atom. The van der Waals surface area contributed by atoms with Gasteiger partial charge in [-0.25, -0.2) is 0 Å². The molecule has 1 aromatic rings. The molecule has 2 rings (SSSR count). The van der Waals surface area contributed by atoms with Gasteiger partial charge < -0.3 is 14.4 Å². The van der Waals surface area contributed by atoms with Gasteiger partial charge in [0.15, 0.2) is 0 Å². The number of aryl methyl sites for hydroxylation is 1. The van der Waals surface area contributed by atoms with Crippen LogP contribution < -0.4 is 4.87 Å². The predicted molar refractivity (Wildman–Crippen MR) is 72.0 cm³/mol. The number of hydrogen-bond donors (Lipinski definition) is 0. The zero-order valence-electron chi connectivity index (χ0n) is 10.9. The van der Waals surface area contributed by atoms with Gasteiger partial charge in [0.1, 0.15) is 0 Å². The first-order chi connectivity index (χ1) is 8.58. The fraction of sp³-hybridized carbons (Fsp3) is 0.667. The minimum absolute atomic E-state index is 0.0266. The summed E-state index contributed by atoms with van der Waals surface area (Å²) in [7, 11) is 2.07. The lowest BCUT2D eigenvalue weighted by Crippen LogP contribution is -2.47. The van der Waals surface area contributed by atoms with Crippen molar-refractivity contribution in [3.63, 3.8) is 0 Å². The lowest BCUT2D eigenvalue weighted by atomic mass is 10.3. The Morgan fingerprint density at radius 1 is 1.33 bits per heavy atom. The lowest BCUT2D eigenvalue weighted by molar-refractivity contribution is -0.133. The average Bonchev–Trinajstić information content (AvgIpc) is 2.67. The molecule has 0 saturated carbocycles. The smallest absolute Gasteiger partial charge is 0.307 e. The summed E-state index contributed by atoms with van der Waals surface area (Å²) in [5.74, 6) is 0.153. The van der Waals surface area contributed by atoms with E-state index in [9.17, 15) is 9.59 Å². The molecule has 1 aliphatic rings. The first-order valence-electron chi connectivity index (χ1n) is 6.19. The van der Waals surface area contributed by atoms with Crippen LogP contribution in [0.5, 0.6) is 0 Å². The predicted octanol–water partition coefficient (Wildman–Crippen LogP) is 0.382. The van der Waals surface area contributed by atoms with Crippen LogP contribution in [0.15, 0.2) is 10.2 Å². The van der Waals surface area contributed by atoms with Gasteiger partial charge in [0.2, 0.25) is 5.91 Å². The van der Waals surface area contributed by atoms with Gasteiger partial charge in [0.25, 0.3) is 0 Å². The molecule has 0 bridgehead atoms. The number of rotatable bonds is 3. The highest BCUT2D eigenvalue weighted by Gasteiger charge is 2.18. The Kier molecular flexibility index (Phi) is 4.19. The van der Waals surface area contributed by atoms with Crippen LogP contribution in [0, 0.1) is 6.92 Å². The van der Waals surface area contributed by atoms with Crippen LogP contribution in [0.25, 0.3) is 0 Å². The van der Waals surface area contributed by atoms with Gasteiger partial charge >= 0.3 is 4.87 Å². The normalized spacial score (nSPS) is 17.1. The van der Waals surface area contributed by atoms with E-state index in [1.54, 1.807) is 4.57 Å². The topological polar surface area (TPSA) is 45.6 Å². The van der Waals surface area contributed by atoms with Crippen molar-refractivity contribution >= 4 is 17.2 Å². The van der Waals surface area contributed by atoms with Crippen molar-refractivity contribution in [1.29, 1.82) is 0 Å². The highest BCUT2D eigenvalue weighted by molar-refractivity contribution is 7.07. The second-order valence-corrected chi connectivity index (χ2v) is 5.55. The van der Waals surface area contributed by atoms with Gasteiger partial charge in [0, 0.05) is 50.2 Å². The second-order valence-electron chi connectivity index (χ2n) is 4.73. The number of nitrogens with zero attached hydrogens (tertiary/aromatic N) is 3. The molecule has 1 aromatic heterocycles. The van der Waals surface area contributed by atoms with Gasteiger partial charge in [-0.15, -0.1) is 0 Å². The van der Waals surface area contributed by atoms with Crippen LogP contribution in [0.2, 0.25) is 0 Å². The van der Waals surface area contributed by atoms with E-state index in [4.69, 9.17) is 0 Å². The third kappa shape index (κ3) is 3.00. The standard InChI is InChI=1S/C12H19N3O2S/c1-10-9-18-12(17)15(10)4-3-11(16)14-7-5-13(2)6-8-14/h9H,3-8H2,1-2H3. The molecule has 1 amide bonds. The summed E-state index contributed by atoms with van der Waals surface area (Å²) in [6.07, 6.45) is 0.418. The van der Waals surface area contributed by atoms with Crippen LogP contribution >= 0.6 is 11.3 Å². The molecule has 100 valence electrons. The Balaban J connectivity index is 1.87. The summed E-state index contributed by atoms with van der Waals surface area (Å²) in [5, 5.41) is 1.84. The fourth-order valence-corrected chi connectivity index (χ4v) is 2.86. The Morgan fingerprint density at radius 3 is 2.56 bits per heavy atom. The highest BCUT2D eigenvalue weighted by Crippen LogP contribution is 2.05. The zero-order valence-corrected chi connectivity index (χ0v) is 11.7. The van der Waals surface area contributed by atoms with Crippen molar-refractivity contribution < 1.29 is 4.79 Å². The Hall–Kier alpha value is -1.14. The molecule has 0 atom stereocenters. The van der Waals surface area contributed by atoms with E-state index in [-0.39, 0.29) is 10.8 Å². The number of amides is 1. The van der Waals surface area contributed by atoms with Crippen molar-refractivity contribution in [3.8, 4) is 0 Å². The number of piperazine rings is 1. The molecule has 5 nitrogen and oxygen atoms in total. The summed E-state index contributed by atoms with van der Waals surface area (Å²) in [6.45, 7) is 5.86. The monoisotopic (exact) mass is 269 g/mol. The maximum absolute atomic E-state index is 12.0. The number of carbonyl (C=O) groups excluding carboxylic acids is 1. The van der Waals surface area contributed by atoms with Gasteiger partial charge in [-0.05, 0) is 14.0 Å². The highest BCUT2D eigenvalue weighted by atomic mass is 32.1. The first-order valence-corrected chi connectivity index (χ1v) is 7.07. The molecule has 0 aromatic carbocycles. The van der Waals surface area contributed by atoms with E-state index in [0.717, 1.165) is 31.9 Å².